The number of fused-ring (bicyclic) bond motifs is 3. The molecule has 2 aliphatic rings. The summed E-state index contributed by atoms with van der Waals surface area (Å²) in [5.41, 5.74) is 8.50. The van der Waals surface area contributed by atoms with Crippen molar-refractivity contribution >= 4 is 28.1 Å². The van der Waals surface area contributed by atoms with Crippen molar-refractivity contribution in [3.05, 3.63) is 51.4 Å². The van der Waals surface area contributed by atoms with E-state index in [4.69, 9.17) is 5.73 Å². The number of aromatic carboxylic acids is 1. The van der Waals surface area contributed by atoms with Crippen LogP contribution < -0.4 is 11.6 Å². The summed E-state index contributed by atoms with van der Waals surface area (Å²) >= 11 is 1.14. The molecule has 0 aliphatic heterocycles. The molecule has 1 aromatic carbocycles. The number of carbonyl (C=O) groups excluding carboxylic acids is 1. The second-order valence-corrected chi connectivity index (χ2v) is 7.31. The summed E-state index contributed by atoms with van der Waals surface area (Å²) in [4.78, 5) is 28.8. The molecule has 1 heterocycles. The lowest BCUT2D eigenvalue weighted by atomic mass is 9.69. The Morgan fingerprint density at radius 3 is 2.60 bits per heavy atom. The minimum absolute atomic E-state index is 0.0582. The largest absolute Gasteiger partial charge is 0.478 e. The van der Waals surface area contributed by atoms with E-state index in [1.165, 1.54) is 12.7 Å². The summed E-state index contributed by atoms with van der Waals surface area (Å²) in [6.07, 6.45) is 2.99. The standard InChI is InChI=1S/C17H15NO3S.CH5NO/c18-15-12(16(20)21)10-6-8-17(14(19)13(10)22-15)7-5-9-3-1-2-4-11(9)17;1-3-2/h1-4H,5-8,18H2,(H,20,21);2H2,1H3. The minimum atomic E-state index is -1.04. The second-order valence-electron chi connectivity index (χ2n) is 6.26. The average Bonchev–Trinajstić information content (AvgIpc) is 3.11. The van der Waals surface area contributed by atoms with E-state index in [1.807, 2.05) is 18.2 Å². The molecular weight excluding hydrogens is 340 g/mol. The SMILES string of the molecule is CON.Nc1sc2c(c1C(=O)O)CCC1(CCc3ccccc31)C2=O. The average molecular weight is 360 g/mol. The first-order chi connectivity index (χ1) is 12.0. The third-order valence-corrected chi connectivity index (χ3v) is 6.10. The van der Waals surface area contributed by atoms with Gasteiger partial charge in [0.1, 0.15) is 5.00 Å². The van der Waals surface area contributed by atoms with Crippen LogP contribution in [0.4, 0.5) is 5.00 Å². The highest BCUT2D eigenvalue weighted by Crippen LogP contribution is 2.50. The molecule has 0 fully saturated rings. The van der Waals surface area contributed by atoms with Crippen LogP contribution in [-0.2, 0) is 23.1 Å². The molecule has 1 aromatic heterocycles. The quantitative estimate of drug-likeness (QED) is 0.673. The molecule has 0 saturated heterocycles. The number of carbonyl (C=O) groups is 2. The molecule has 0 amide bonds. The molecule has 2 aliphatic carbocycles. The van der Waals surface area contributed by atoms with Gasteiger partial charge in [-0.1, -0.05) is 24.3 Å². The van der Waals surface area contributed by atoms with Crippen molar-refractivity contribution in [1.29, 1.82) is 0 Å². The van der Waals surface area contributed by atoms with Crippen LogP contribution in [0.15, 0.2) is 24.3 Å². The molecule has 5 N–H and O–H groups in total. The van der Waals surface area contributed by atoms with Gasteiger partial charge in [-0.05, 0) is 42.4 Å². The van der Waals surface area contributed by atoms with Crippen molar-refractivity contribution < 1.29 is 19.5 Å². The van der Waals surface area contributed by atoms with Crippen LogP contribution in [0.25, 0.3) is 0 Å². The first kappa shape index (κ1) is 17.6. The van der Waals surface area contributed by atoms with E-state index in [0.29, 0.717) is 23.3 Å². The van der Waals surface area contributed by atoms with E-state index < -0.39 is 11.4 Å². The molecular formula is C18H20N2O4S. The predicted octanol–water partition coefficient (Wildman–Crippen LogP) is 2.55. The third-order valence-electron chi connectivity index (χ3n) is 5.04. The first-order valence-corrected chi connectivity index (χ1v) is 8.78. The number of aryl methyl sites for hydroxylation is 1. The highest BCUT2D eigenvalue weighted by molar-refractivity contribution is 7.18. The van der Waals surface area contributed by atoms with E-state index in [9.17, 15) is 14.7 Å². The van der Waals surface area contributed by atoms with E-state index in [1.54, 1.807) is 0 Å². The monoisotopic (exact) mass is 360 g/mol. The molecule has 7 heteroatoms. The number of ketones is 1. The molecule has 0 saturated carbocycles. The summed E-state index contributed by atoms with van der Waals surface area (Å²) in [6.45, 7) is 0. The Balaban J connectivity index is 0.000000569. The number of Topliss-reactive ketones (excluding diaryl/α,β-unsaturated/α-hetero) is 1. The van der Waals surface area contributed by atoms with Gasteiger partial charge < -0.3 is 15.7 Å². The van der Waals surface area contributed by atoms with Gasteiger partial charge in [0.25, 0.3) is 0 Å². The molecule has 4 rings (SSSR count). The lowest BCUT2D eigenvalue weighted by molar-refractivity contribution is 0.0697. The van der Waals surface area contributed by atoms with Crippen LogP contribution in [0.2, 0.25) is 0 Å². The van der Waals surface area contributed by atoms with E-state index in [-0.39, 0.29) is 16.3 Å². The zero-order chi connectivity index (χ0) is 18.2. The van der Waals surface area contributed by atoms with Crippen molar-refractivity contribution in [3.63, 3.8) is 0 Å². The Morgan fingerprint density at radius 1 is 1.28 bits per heavy atom. The van der Waals surface area contributed by atoms with Gasteiger partial charge in [-0.25, -0.2) is 10.7 Å². The Bertz CT molecular complexity index is 846. The molecule has 6 nitrogen and oxygen atoms in total. The van der Waals surface area contributed by atoms with Crippen LogP contribution in [0.1, 0.15) is 49.6 Å². The van der Waals surface area contributed by atoms with Gasteiger partial charge in [-0.15, -0.1) is 11.3 Å². The minimum Gasteiger partial charge on any atom is -0.478 e. The van der Waals surface area contributed by atoms with E-state index in [0.717, 1.165) is 29.7 Å². The lowest BCUT2D eigenvalue weighted by Crippen LogP contribution is -2.37. The summed E-state index contributed by atoms with van der Waals surface area (Å²) in [6, 6.07) is 8.10. The molecule has 132 valence electrons. The Kier molecular flexibility index (Phi) is 4.64. The summed E-state index contributed by atoms with van der Waals surface area (Å²) in [7, 11) is 1.40. The summed E-state index contributed by atoms with van der Waals surface area (Å²) < 4.78 is 0. The van der Waals surface area contributed by atoms with E-state index >= 15 is 0 Å². The smallest absolute Gasteiger partial charge is 0.338 e. The number of rotatable bonds is 1. The van der Waals surface area contributed by atoms with Crippen LogP contribution in [-0.4, -0.2) is 24.0 Å². The fourth-order valence-electron chi connectivity index (χ4n) is 3.99. The fraction of sp³-hybridized carbons (Fsp3) is 0.333. The van der Waals surface area contributed by atoms with Crippen molar-refractivity contribution in [2.45, 2.75) is 31.1 Å². The second kappa shape index (κ2) is 6.59. The molecule has 0 bridgehead atoms. The Morgan fingerprint density at radius 2 is 1.92 bits per heavy atom. The zero-order valence-corrected chi connectivity index (χ0v) is 14.7. The molecule has 1 atom stereocenters. The molecule has 25 heavy (non-hydrogen) atoms. The highest BCUT2D eigenvalue weighted by Gasteiger charge is 2.49. The number of benzene rings is 1. The first-order valence-electron chi connectivity index (χ1n) is 7.96. The fourth-order valence-corrected chi connectivity index (χ4v) is 5.14. The van der Waals surface area contributed by atoms with Crippen LogP contribution in [0.5, 0.6) is 0 Å². The number of carboxylic acids is 1. The van der Waals surface area contributed by atoms with E-state index in [2.05, 4.69) is 16.8 Å². The zero-order valence-electron chi connectivity index (χ0n) is 13.9. The number of nitrogen functional groups attached to an aromatic ring is 1. The maximum Gasteiger partial charge on any atom is 0.338 e. The maximum atomic E-state index is 13.2. The van der Waals surface area contributed by atoms with Crippen molar-refractivity contribution in [2.24, 2.45) is 5.90 Å². The number of nitrogens with two attached hydrogens (primary N) is 2. The molecule has 0 radical (unpaired) electrons. The molecule has 1 unspecified atom stereocenters. The van der Waals surface area contributed by atoms with Gasteiger partial charge in [0, 0.05) is 0 Å². The topological polar surface area (TPSA) is 116 Å². The number of hydrogen-bond acceptors (Lipinski definition) is 6. The van der Waals surface area contributed by atoms with Gasteiger partial charge in [0.05, 0.1) is 23.0 Å². The number of anilines is 1. The molecule has 1 spiro atoms. The van der Waals surface area contributed by atoms with Gasteiger partial charge in [0.15, 0.2) is 5.78 Å². The Hall–Kier alpha value is -2.22. The number of carboxylic acid groups (broad SMARTS) is 1. The Labute approximate surface area is 149 Å². The van der Waals surface area contributed by atoms with Gasteiger partial charge in [-0.3, -0.25) is 4.79 Å². The van der Waals surface area contributed by atoms with Crippen LogP contribution in [0, 0.1) is 0 Å². The summed E-state index contributed by atoms with van der Waals surface area (Å²) in [5, 5.41) is 9.57. The lowest BCUT2D eigenvalue weighted by Gasteiger charge is -2.32. The maximum absolute atomic E-state index is 13.2. The predicted molar refractivity (Wildman–Crippen MR) is 96.0 cm³/mol. The van der Waals surface area contributed by atoms with Crippen LogP contribution in [0.3, 0.4) is 0 Å². The van der Waals surface area contributed by atoms with Crippen molar-refractivity contribution in [1.82, 2.24) is 0 Å². The van der Waals surface area contributed by atoms with Crippen molar-refractivity contribution in [2.75, 3.05) is 12.8 Å². The number of hydrogen-bond donors (Lipinski definition) is 3. The van der Waals surface area contributed by atoms with Crippen LogP contribution >= 0.6 is 11.3 Å². The molecule has 2 aromatic rings. The normalized spacial score (nSPS) is 20.6. The van der Waals surface area contributed by atoms with Gasteiger partial charge in [-0.2, -0.15) is 0 Å². The van der Waals surface area contributed by atoms with Gasteiger partial charge >= 0.3 is 5.97 Å². The number of thiophene rings is 1. The third kappa shape index (κ3) is 2.64. The van der Waals surface area contributed by atoms with Gasteiger partial charge in [0.2, 0.25) is 0 Å². The summed E-state index contributed by atoms with van der Waals surface area (Å²) in [5.74, 6) is 3.37. The van der Waals surface area contributed by atoms with Crippen molar-refractivity contribution in [3.8, 4) is 0 Å². The highest BCUT2D eigenvalue weighted by atomic mass is 32.1.